The van der Waals surface area contributed by atoms with Gasteiger partial charge in [0.1, 0.15) is 5.84 Å². The van der Waals surface area contributed by atoms with Gasteiger partial charge in [0.15, 0.2) is 0 Å². The average Bonchev–Trinajstić information content (AvgIpc) is 2.18. The molecule has 1 aliphatic heterocycles. The molecule has 0 aromatic rings. The third-order valence-electron chi connectivity index (χ3n) is 3.34. The number of hydrogen-bond donors (Lipinski definition) is 2. The van der Waals surface area contributed by atoms with Crippen LogP contribution in [0.5, 0.6) is 0 Å². The highest BCUT2D eigenvalue weighted by Gasteiger charge is 2.27. The van der Waals surface area contributed by atoms with Crippen molar-refractivity contribution in [2.75, 3.05) is 27.2 Å². The monoisotopic (exact) mass is 212 g/mol. The number of nitrogens with zero attached hydrogens (tertiary/aromatic N) is 2. The summed E-state index contributed by atoms with van der Waals surface area (Å²) >= 11 is 0. The summed E-state index contributed by atoms with van der Waals surface area (Å²) < 4.78 is 0. The van der Waals surface area contributed by atoms with E-state index in [4.69, 9.17) is 11.1 Å². The molecule has 2 unspecified atom stereocenters. The maximum atomic E-state index is 7.58. The molecule has 4 heteroatoms. The summed E-state index contributed by atoms with van der Waals surface area (Å²) in [5, 5.41) is 7.58. The van der Waals surface area contributed by atoms with Gasteiger partial charge in [0.2, 0.25) is 0 Å². The van der Waals surface area contributed by atoms with Crippen molar-refractivity contribution >= 4 is 5.84 Å². The van der Waals surface area contributed by atoms with Gasteiger partial charge in [-0.2, -0.15) is 0 Å². The number of likely N-dealkylation sites (N-methyl/N-ethyl adjacent to an activating group) is 1. The zero-order valence-corrected chi connectivity index (χ0v) is 10.2. The number of amidine groups is 1. The normalized spacial score (nSPS) is 25.5. The highest BCUT2D eigenvalue weighted by molar-refractivity contribution is 5.82. The molecule has 1 saturated heterocycles. The quantitative estimate of drug-likeness (QED) is 0.533. The van der Waals surface area contributed by atoms with Gasteiger partial charge < -0.3 is 10.6 Å². The van der Waals surface area contributed by atoms with Gasteiger partial charge >= 0.3 is 0 Å². The molecule has 1 heterocycles. The summed E-state index contributed by atoms with van der Waals surface area (Å²) in [5.41, 5.74) is 5.63. The highest BCUT2D eigenvalue weighted by Crippen LogP contribution is 2.17. The van der Waals surface area contributed by atoms with Gasteiger partial charge in [-0.15, -0.1) is 0 Å². The number of likely N-dealkylation sites (tertiary alicyclic amines) is 1. The van der Waals surface area contributed by atoms with E-state index in [1.54, 1.807) is 0 Å². The Kier molecular flexibility index (Phi) is 4.54. The molecule has 0 saturated carbocycles. The van der Waals surface area contributed by atoms with Crippen LogP contribution in [0.3, 0.4) is 0 Å². The largest absolute Gasteiger partial charge is 0.386 e. The number of piperidine rings is 1. The maximum Gasteiger partial charge on any atom is 0.108 e. The van der Waals surface area contributed by atoms with Gasteiger partial charge in [-0.1, -0.05) is 6.92 Å². The van der Waals surface area contributed by atoms with Crippen LogP contribution in [0.15, 0.2) is 0 Å². The molecule has 0 radical (unpaired) electrons. The van der Waals surface area contributed by atoms with Crippen molar-refractivity contribution in [2.24, 2.45) is 5.73 Å². The summed E-state index contributed by atoms with van der Waals surface area (Å²) in [7, 11) is 4.26. The third kappa shape index (κ3) is 3.18. The molecular weight excluding hydrogens is 188 g/mol. The second kappa shape index (κ2) is 5.47. The lowest BCUT2D eigenvalue weighted by Crippen LogP contribution is -2.52. The zero-order valence-electron chi connectivity index (χ0n) is 10.2. The third-order valence-corrected chi connectivity index (χ3v) is 3.34. The molecule has 0 aromatic heterocycles. The summed E-state index contributed by atoms with van der Waals surface area (Å²) in [4.78, 5) is 4.63. The van der Waals surface area contributed by atoms with Crippen LogP contribution in [-0.2, 0) is 0 Å². The predicted molar refractivity (Wildman–Crippen MR) is 64.3 cm³/mol. The Hall–Kier alpha value is -0.610. The van der Waals surface area contributed by atoms with Crippen molar-refractivity contribution < 1.29 is 0 Å². The van der Waals surface area contributed by atoms with E-state index in [-0.39, 0.29) is 6.04 Å². The smallest absolute Gasteiger partial charge is 0.108 e. The minimum absolute atomic E-state index is 0.146. The molecule has 4 nitrogen and oxygen atoms in total. The van der Waals surface area contributed by atoms with Gasteiger partial charge in [-0.25, -0.2) is 0 Å². The molecule has 88 valence electrons. The van der Waals surface area contributed by atoms with Crippen molar-refractivity contribution in [3.8, 4) is 0 Å². The first kappa shape index (κ1) is 12.5. The minimum Gasteiger partial charge on any atom is -0.386 e. The van der Waals surface area contributed by atoms with Crippen molar-refractivity contribution in [3.05, 3.63) is 0 Å². The molecule has 0 spiro atoms. The summed E-state index contributed by atoms with van der Waals surface area (Å²) in [5.74, 6) is 0.317. The van der Waals surface area contributed by atoms with E-state index in [2.05, 4.69) is 30.8 Å². The fraction of sp³-hybridized carbons (Fsp3) is 0.909. The number of rotatable bonds is 4. The molecule has 1 fully saturated rings. The van der Waals surface area contributed by atoms with E-state index in [1.165, 1.54) is 12.8 Å². The first-order valence-electron chi connectivity index (χ1n) is 5.80. The van der Waals surface area contributed by atoms with E-state index in [1.807, 2.05) is 0 Å². The highest BCUT2D eigenvalue weighted by atomic mass is 15.2. The van der Waals surface area contributed by atoms with E-state index in [0.29, 0.717) is 11.9 Å². The summed E-state index contributed by atoms with van der Waals surface area (Å²) in [6.07, 6.45) is 3.42. The standard InChI is InChI=1S/C11H24N4/c1-4-10(11(12)13)15-7-5-6-9(8-15)14(2)3/h9-10H,4-8H2,1-3H3,(H3,12,13). The second-order valence-electron chi connectivity index (χ2n) is 4.63. The van der Waals surface area contributed by atoms with E-state index < -0.39 is 0 Å². The number of hydrogen-bond acceptors (Lipinski definition) is 3. The number of nitrogens with one attached hydrogen (secondary N) is 1. The fourth-order valence-electron chi connectivity index (χ4n) is 2.36. The Morgan fingerprint density at radius 2 is 2.27 bits per heavy atom. The van der Waals surface area contributed by atoms with Gasteiger partial charge in [0.05, 0.1) is 6.04 Å². The molecule has 2 atom stereocenters. The van der Waals surface area contributed by atoms with E-state index >= 15 is 0 Å². The summed E-state index contributed by atoms with van der Waals surface area (Å²) in [6, 6.07) is 0.764. The van der Waals surface area contributed by atoms with Crippen molar-refractivity contribution in [1.82, 2.24) is 9.80 Å². The topological polar surface area (TPSA) is 56.4 Å². The van der Waals surface area contributed by atoms with Crippen LogP contribution < -0.4 is 5.73 Å². The minimum atomic E-state index is 0.146. The lowest BCUT2D eigenvalue weighted by atomic mass is 10.0. The SMILES string of the molecule is CCC(C(=N)N)N1CCCC(N(C)C)C1. The molecule has 0 amide bonds. The van der Waals surface area contributed by atoms with E-state index in [0.717, 1.165) is 19.5 Å². The second-order valence-corrected chi connectivity index (χ2v) is 4.63. The predicted octanol–water partition coefficient (Wildman–Crippen LogP) is 0.727. The van der Waals surface area contributed by atoms with Crippen LogP contribution in [0.2, 0.25) is 0 Å². The van der Waals surface area contributed by atoms with Crippen LogP contribution in [0, 0.1) is 5.41 Å². The van der Waals surface area contributed by atoms with Crippen molar-refractivity contribution in [1.29, 1.82) is 5.41 Å². The molecule has 0 aromatic carbocycles. The Morgan fingerprint density at radius 3 is 2.73 bits per heavy atom. The molecule has 3 N–H and O–H groups in total. The molecular formula is C11H24N4. The maximum absolute atomic E-state index is 7.58. The van der Waals surface area contributed by atoms with Gasteiger partial charge in [0.25, 0.3) is 0 Å². The first-order valence-corrected chi connectivity index (χ1v) is 5.80. The van der Waals surface area contributed by atoms with Crippen LogP contribution in [-0.4, -0.2) is 54.9 Å². The lowest BCUT2D eigenvalue weighted by molar-refractivity contribution is 0.116. The van der Waals surface area contributed by atoms with Gasteiger partial charge in [-0.05, 0) is 39.9 Å². The fourth-order valence-corrected chi connectivity index (χ4v) is 2.36. The first-order chi connectivity index (χ1) is 7.06. The van der Waals surface area contributed by atoms with Crippen molar-refractivity contribution in [2.45, 2.75) is 38.3 Å². The van der Waals surface area contributed by atoms with Crippen molar-refractivity contribution in [3.63, 3.8) is 0 Å². The molecule has 0 aliphatic carbocycles. The van der Waals surface area contributed by atoms with Crippen LogP contribution in [0.1, 0.15) is 26.2 Å². The van der Waals surface area contributed by atoms with Crippen LogP contribution in [0.25, 0.3) is 0 Å². The lowest BCUT2D eigenvalue weighted by Gasteiger charge is -2.39. The van der Waals surface area contributed by atoms with Crippen LogP contribution in [0.4, 0.5) is 0 Å². The Bertz CT molecular complexity index is 215. The van der Waals surface area contributed by atoms with Crippen LogP contribution >= 0.6 is 0 Å². The average molecular weight is 212 g/mol. The molecule has 1 rings (SSSR count). The Morgan fingerprint density at radius 1 is 1.60 bits per heavy atom. The van der Waals surface area contributed by atoms with E-state index in [9.17, 15) is 0 Å². The summed E-state index contributed by atoms with van der Waals surface area (Å²) in [6.45, 7) is 4.23. The van der Waals surface area contributed by atoms with Gasteiger partial charge in [-0.3, -0.25) is 10.3 Å². The molecule has 15 heavy (non-hydrogen) atoms. The Labute approximate surface area is 92.9 Å². The molecule has 0 bridgehead atoms. The van der Waals surface area contributed by atoms with Gasteiger partial charge in [0, 0.05) is 12.6 Å². The molecule has 1 aliphatic rings. The number of nitrogens with two attached hydrogens (primary N) is 1. The Balaban J connectivity index is 2.58. The zero-order chi connectivity index (χ0) is 11.4.